The summed E-state index contributed by atoms with van der Waals surface area (Å²) in [5.41, 5.74) is 0.0948. The molecule has 0 unspecified atom stereocenters. The van der Waals surface area contributed by atoms with Crippen molar-refractivity contribution in [1.82, 2.24) is 14.5 Å². The van der Waals surface area contributed by atoms with Gasteiger partial charge in [0.15, 0.2) is 0 Å². The topological polar surface area (TPSA) is 112 Å². The van der Waals surface area contributed by atoms with Crippen molar-refractivity contribution in [3.05, 3.63) is 52.4 Å². The maximum absolute atomic E-state index is 12.9. The summed E-state index contributed by atoms with van der Waals surface area (Å²) < 4.78 is 27.3. The van der Waals surface area contributed by atoms with Crippen LogP contribution in [0.1, 0.15) is 30.8 Å². The molecule has 0 spiro atoms. The van der Waals surface area contributed by atoms with Crippen LogP contribution in [0.25, 0.3) is 0 Å². The molecule has 0 aliphatic carbocycles. The van der Waals surface area contributed by atoms with Gasteiger partial charge in [-0.2, -0.15) is 9.40 Å². The number of piperidine rings is 1. The Kier molecular flexibility index (Phi) is 5.43. The van der Waals surface area contributed by atoms with Crippen molar-refractivity contribution in [2.24, 2.45) is 11.8 Å². The van der Waals surface area contributed by atoms with Crippen LogP contribution in [0.4, 0.5) is 5.69 Å². The minimum absolute atomic E-state index is 0.0580. The van der Waals surface area contributed by atoms with E-state index in [1.54, 1.807) is 0 Å². The number of sulfonamides is 1. The van der Waals surface area contributed by atoms with Gasteiger partial charge in [-0.25, -0.2) is 13.5 Å². The second-order valence-corrected chi connectivity index (χ2v) is 8.99. The second-order valence-electron chi connectivity index (χ2n) is 7.05. The molecule has 2 heterocycles. The molecule has 144 valence electrons. The smallest absolute Gasteiger partial charge is 0.276 e. The van der Waals surface area contributed by atoms with E-state index in [4.69, 9.17) is 0 Å². The monoisotopic (exact) mass is 390 g/mol. The number of aromatic nitrogens is 2. The normalized spacial score (nSPS) is 21.0. The molecule has 1 aromatic carbocycles. The molecule has 9 heteroatoms. The molecule has 1 aromatic heterocycles. The summed E-state index contributed by atoms with van der Waals surface area (Å²) in [6.07, 6.45) is 1.02. The van der Waals surface area contributed by atoms with E-state index in [9.17, 15) is 18.0 Å². The van der Waals surface area contributed by atoms with Gasteiger partial charge >= 0.3 is 0 Å². The molecule has 1 aliphatic rings. The van der Waals surface area contributed by atoms with Crippen LogP contribution in [-0.2, 0) is 10.0 Å². The Hall–Kier alpha value is -2.52. The van der Waals surface area contributed by atoms with Gasteiger partial charge in [-0.1, -0.05) is 13.8 Å². The summed E-state index contributed by atoms with van der Waals surface area (Å²) in [7, 11) is -3.56. The molecule has 2 atom stereocenters. The molecular weight excluding hydrogens is 368 g/mol. The van der Waals surface area contributed by atoms with E-state index >= 15 is 0 Å². The van der Waals surface area contributed by atoms with Crippen LogP contribution < -0.4 is 10.9 Å². The van der Waals surface area contributed by atoms with Gasteiger partial charge in [-0.05, 0) is 48.6 Å². The van der Waals surface area contributed by atoms with E-state index in [1.165, 1.54) is 40.7 Å². The highest BCUT2D eigenvalue weighted by atomic mass is 32.2. The van der Waals surface area contributed by atoms with Crippen LogP contribution in [0.3, 0.4) is 0 Å². The van der Waals surface area contributed by atoms with Crippen LogP contribution >= 0.6 is 0 Å². The molecule has 0 radical (unpaired) electrons. The predicted molar refractivity (Wildman–Crippen MR) is 101 cm³/mol. The van der Waals surface area contributed by atoms with Crippen LogP contribution in [0.5, 0.6) is 0 Å². The van der Waals surface area contributed by atoms with Crippen LogP contribution in [0.15, 0.2) is 46.1 Å². The van der Waals surface area contributed by atoms with Gasteiger partial charge in [-0.15, -0.1) is 0 Å². The third kappa shape index (κ3) is 4.42. The van der Waals surface area contributed by atoms with Gasteiger partial charge in [-0.3, -0.25) is 9.59 Å². The molecule has 0 bridgehead atoms. The number of anilines is 1. The number of H-pyrrole nitrogens is 1. The maximum atomic E-state index is 12.9. The number of rotatable bonds is 4. The minimum atomic E-state index is -3.56. The predicted octanol–water partition coefficient (Wildman–Crippen LogP) is 1.69. The van der Waals surface area contributed by atoms with Crippen molar-refractivity contribution in [1.29, 1.82) is 0 Å². The first-order valence-electron chi connectivity index (χ1n) is 8.73. The fourth-order valence-electron chi connectivity index (χ4n) is 3.33. The fraction of sp³-hybridized carbons (Fsp3) is 0.389. The van der Waals surface area contributed by atoms with Crippen molar-refractivity contribution < 1.29 is 13.2 Å². The average molecular weight is 390 g/mol. The van der Waals surface area contributed by atoms with Gasteiger partial charge in [0.25, 0.3) is 11.5 Å². The van der Waals surface area contributed by atoms with E-state index < -0.39 is 21.5 Å². The Morgan fingerprint density at radius 1 is 1.11 bits per heavy atom. The molecule has 1 amide bonds. The lowest BCUT2D eigenvalue weighted by Crippen LogP contribution is -2.42. The average Bonchev–Trinajstić information content (AvgIpc) is 2.62. The molecule has 1 aliphatic heterocycles. The Bertz CT molecular complexity index is 955. The number of nitrogens with zero attached hydrogens (tertiary/aromatic N) is 2. The first kappa shape index (κ1) is 19.2. The SMILES string of the molecule is C[C@@H]1C[C@@H](C)CN(S(=O)(=O)c2ccc(NC(=O)c3ccc(=O)[nH]n3)cc2)C1. The Morgan fingerprint density at radius 2 is 1.74 bits per heavy atom. The summed E-state index contributed by atoms with van der Waals surface area (Å²) in [6.45, 7) is 5.15. The third-order valence-corrected chi connectivity index (χ3v) is 6.34. The Balaban J connectivity index is 1.73. The third-order valence-electron chi connectivity index (χ3n) is 4.50. The molecular formula is C18H22N4O4S. The number of carbonyl (C=O) groups is 1. The summed E-state index contributed by atoms with van der Waals surface area (Å²) in [5.74, 6) is 0.152. The van der Waals surface area contributed by atoms with Crippen molar-refractivity contribution in [3.8, 4) is 0 Å². The highest BCUT2D eigenvalue weighted by molar-refractivity contribution is 7.89. The van der Waals surface area contributed by atoms with Gasteiger partial charge in [0, 0.05) is 24.8 Å². The Labute approximate surface area is 157 Å². The zero-order valence-electron chi connectivity index (χ0n) is 15.2. The number of hydrogen-bond donors (Lipinski definition) is 2. The highest BCUT2D eigenvalue weighted by Crippen LogP contribution is 2.27. The van der Waals surface area contributed by atoms with E-state index in [-0.39, 0.29) is 10.6 Å². The summed E-state index contributed by atoms with van der Waals surface area (Å²) in [6, 6.07) is 8.55. The zero-order chi connectivity index (χ0) is 19.6. The lowest BCUT2D eigenvalue weighted by Gasteiger charge is -2.34. The number of aromatic amines is 1. The molecule has 1 fully saturated rings. The van der Waals surface area contributed by atoms with Crippen LogP contribution in [0, 0.1) is 11.8 Å². The summed E-state index contributed by atoms with van der Waals surface area (Å²) in [5, 5.41) is 8.46. The second kappa shape index (κ2) is 7.61. The molecule has 27 heavy (non-hydrogen) atoms. The molecule has 0 saturated carbocycles. The standard InChI is InChI=1S/C18H22N4O4S/c1-12-9-13(2)11-22(10-12)27(25,26)15-5-3-14(4-6-15)19-18(24)16-7-8-17(23)21-20-16/h3-8,12-13H,9-11H2,1-2H3,(H,19,24)(H,21,23)/t12-,13-/m1/s1. The Morgan fingerprint density at radius 3 is 2.30 bits per heavy atom. The maximum Gasteiger partial charge on any atom is 0.276 e. The van der Waals surface area contributed by atoms with Gasteiger partial charge in [0.2, 0.25) is 10.0 Å². The fourth-order valence-corrected chi connectivity index (χ4v) is 5.01. The zero-order valence-corrected chi connectivity index (χ0v) is 16.0. The van der Waals surface area contributed by atoms with E-state index in [0.29, 0.717) is 30.6 Å². The van der Waals surface area contributed by atoms with E-state index in [2.05, 4.69) is 29.4 Å². The number of benzene rings is 1. The highest BCUT2D eigenvalue weighted by Gasteiger charge is 2.31. The number of hydrogen-bond acceptors (Lipinski definition) is 5. The lowest BCUT2D eigenvalue weighted by atomic mass is 9.94. The summed E-state index contributed by atoms with van der Waals surface area (Å²) in [4.78, 5) is 23.3. The lowest BCUT2D eigenvalue weighted by molar-refractivity contribution is 0.102. The van der Waals surface area contributed by atoms with Crippen molar-refractivity contribution in [2.45, 2.75) is 25.2 Å². The van der Waals surface area contributed by atoms with Gasteiger partial charge < -0.3 is 5.32 Å². The van der Waals surface area contributed by atoms with Crippen LogP contribution in [0.2, 0.25) is 0 Å². The minimum Gasteiger partial charge on any atom is -0.321 e. The molecule has 2 N–H and O–H groups in total. The largest absolute Gasteiger partial charge is 0.321 e. The van der Waals surface area contributed by atoms with E-state index in [0.717, 1.165) is 6.42 Å². The van der Waals surface area contributed by atoms with Crippen molar-refractivity contribution >= 4 is 21.6 Å². The van der Waals surface area contributed by atoms with Crippen molar-refractivity contribution in [3.63, 3.8) is 0 Å². The first-order chi connectivity index (χ1) is 12.8. The summed E-state index contributed by atoms with van der Waals surface area (Å²) >= 11 is 0. The van der Waals surface area contributed by atoms with Crippen LogP contribution in [-0.4, -0.2) is 41.9 Å². The number of carbonyl (C=O) groups excluding carboxylic acids is 1. The number of amides is 1. The molecule has 3 rings (SSSR count). The van der Waals surface area contributed by atoms with Gasteiger partial charge in [0.1, 0.15) is 5.69 Å². The molecule has 8 nitrogen and oxygen atoms in total. The van der Waals surface area contributed by atoms with Crippen molar-refractivity contribution in [2.75, 3.05) is 18.4 Å². The molecule has 1 saturated heterocycles. The number of nitrogens with one attached hydrogen (secondary N) is 2. The quantitative estimate of drug-likeness (QED) is 0.825. The molecule has 2 aromatic rings. The van der Waals surface area contributed by atoms with E-state index in [1.807, 2.05) is 0 Å². The first-order valence-corrected chi connectivity index (χ1v) is 10.2. The van der Waals surface area contributed by atoms with Gasteiger partial charge in [0.05, 0.1) is 4.90 Å².